The fraction of sp³-hybridized carbons (Fsp3) is 0.250. The molecule has 6 nitrogen and oxygen atoms in total. The lowest BCUT2D eigenvalue weighted by Crippen LogP contribution is -2.37. The van der Waals surface area contributed by atoms with Crippen molar-refractivity contribution in [2.24, 2.45) is 0 Å². The third-order valence-electron chi connectivity index (χ3n) is 5.09. The minimum Gasteiger partial charge on any atom is -0.379 e. The van der Waals surface area contributed by atoms with Gasteiger partial charge in [0.15, 0.2) is 0 Å². The van der Waals surface area contributed by atoms with E-state index >= 15 is 0 Å². The molecular formula is C24H26N4O2. The van der Waals surface area contributed by atoms with Crippen LogP contribution in [0.15, 0.2) is 73.1 Å². The lowest BCUT2D eigenvalue weighted by atomic mass is 10.1. The van der Waals surface area contributed by atoms with E-state index in [-0.39, 0.29) is 5.91 Å². The Morgan fingerprint density at radius 3 is 2.60 bits per heavy atom. The second-order valence-corrected chi connectivity index (χ2v) is 7.28. The van der Waals surface area contributed by atoms with E-state index in [0.29, 0.717) is 0 Å². The SMILES string of the molecule is O=C(C=Cc1cnn(-c2ccccc2)c1)Nc1ccc(CCN2CCOCC2)cc1. The number of anilines is 1. The number of morpholine rings is 1. The number of hydrogen-bond acceptors (Lipinski definition) is 4. The highest BCUT2D eigenvalue weighted by atomic mass is 16.5. The number of nitrogens with zero attached hydrogens (tertiary/aromatic N) is 3. The first-order chi connectivity index (χ1) is 14.8. The van der Waals surface area contributed by atoms with E-state index in [4.69, 9.17) is 4.74 Å². The van der Waals surface area contributed by atoms with Crippen LogP contribution in [0.5, 0.6) is 0 Å². The molecule has 1 fully saturated rings. The fourth-order valence-electron chi connectivity index (χ4n) is 3.37. The van der Waals surface area contributed by atoms with Gasteiger partial charge in [0, 0.05) is 43.2 Å². The number of benzene rings is 2. The average Bonchev–Trinajstić information content (AvgIpc) is 3.28. The summed E-state index contributed by atoms with van der Waals surface area (Å²) in [5.41, 5.74) is 3.91. The van der Waals surface area contributed by atoms with E-state index < -0.39 is 0 Å². The second-order valence-electron chi connectivity index (χ2n) is 7.28. The third-order valence-corrected chi connectivity index (χ3v) is 5.09. The summed E-state index contributed by atoms with van der Waals surface area (Å²) >= 11 is 0. The van der Waals surface area contributed by atoms with Gasteiger partial charge in [-0.2, -0.15) is 5.10 Å². The minimum atomic E-state index is -0.163. The molecule has 4 rings (SSSR count). The Labute approximate surface area is 176 Å². The molecule has 1 aliphatic rings. The van der Waals surface area contributed by atoms with Crippen LogP contribution in [-0.2, 0) is 16.0 Å². The van der Waals surface area contributed by atoms with E-state index in [9.17, 15) is 4.79 Å². The summed E-state index contributed by atoms with van der Waals surface area (Å²) in [6, 6.07) is 17.9. The summed E-state index contributed by atoms with van der Waals surface area (Å²) in [7, 11) is 0. The van der Waals surface area contributed by atoms with Crippen molar-refractivity contribution in [1.29, 1.82) is 0 Å². The molecule has 154 valence electrons. The van der Waals surface area contributed by atoms with Crippen molar-refractivity contribution in [2.45, 2.75) is 6.42 Å². The summed E-state index contributed by atoms with van der Waals surface area (Å²) in [6.07, 6.45) is 7.92. The van der Waals surface area contributed by atoms with E-state index in [2.05, 4.69) is 27.4 Å². The summed E-state index contributed by atoms with van der Waals surface area (Å²) in [4.78, 5) is 14.7. The highest BCUT2D eigenvalue weighted by Gasteiger charge is 2.09. The zero-order valence-corrected chi connectivity index (χ0v) is 16.9. The quantitative estimate of drug-likeness (QED) is 0.616. The van der Waals surface area contributed by atoms with Crippen LogP contribution in [0.2, 0.25) is 0 Å². The topological polar surface area (TPSA) is 59.4 Å². The normalized spacial score (nSPS) is 14.8. The maximum Gasteiger partial charge on any atom is 0.248 e. The number of carbonyl (C=O) groups excluding carboxylic acids is 1. The molecule has 1 saturated heterocycles. The smallest absolute Gasteiger partial charge is 0.248 e. The Bertz CT molecular complexity index is 974. The molecule has 30 heavy (non-hydrogen) atoms. The van der Waals surface area contributed by atoms with Crippen LogP contribution in [0.1, 0.15) is 11.1 Å². The monoisotopic (exact) mass is 402 g/mol. The number of rotatable bonds is 7. The third kappa shape index (κ3) is 5.65. The van der Waals surface area contributed by atoms with Gasteiger partial charge in [-0.3, -0.25) is 9.69 Å². The van der Waals surface area contributed by atoms with Crippen molar-refractivity contribution >= 4 is 17.7 Å². The summed E-state index contributed by atoms with van der Waals surface area (Å²) in [5, 5.41) is 7.24. The zero-order chi connectivity index (χ0) is 20.6. The van der Waals surface area contributed by atoms with E-state index in [1.165, 1.54) is 11.6 Å². The van der Waals surface area contributed by atoms with Crippen molar-refractivity contribution in [3.8, 4) is 5.69 Å². The Hall–Kier alpha value is -3.22. The van der Waals surface area contributed by atoms with Crippen LogP contribution in [0.3, 0.4) is 0 Å². The molecule has 1 aliphatic heterocycles. The molecule has 0 bridgehead atoms. The largest absolute Gasteiger partial charge is 0.379 e. The van der Waals surface area contributed by atoms with Crippen molar-refractivity contribution in [1.82, 2.24) is 14.7 Å². The van der Waals surface area contributed by atoms with Gasteiger partial charge >= 0.3 is 0 Å². The van der Waals surface area contributed by atoms with Crippen molar-refractivity contribution < 1.29 is 9.53 Å². The molecule has 1 aromatic heterocycles. The summed E-state index contributed by atoms with van der Waals surface area (Å²) < 4.78 is 7.17. The molecule has 0 saturated carbocycles. The molecule has 3 aromatic rings. The molecule has 0 atom stereocenters. The number of aromatic nitrogens is 2. The van der Waals surface area contributed by atoms with Crippen LogP contribution in [0.25, 0.3) is 11.8 Å². The highest BCUT2D eigenvalue weighted by Crippen LogP contribution is 2.12. The van der Waals surface area contributed by atoms with Gasteiger partial charge in [0.1, 0.15) is 0 Å². The van der Waals surface area contributed by atoms with Crippen LogP contribution in [0.4, 0.5) is 5.69 Å². The lowest BCUT2D eigenvalue weighted by Gasteiger charge is -2.26. The maximum absolute atomic E-state index is 12.2. The maximum atomic E-state index is 12.2. The second kappa shape index (κ2) is 10.0. The van der Waals surface area contributed by atoms with Crippen LogP contribution in [-0.4, -0.2) is 53.4 Å². The van der Waals surface area contributed by atoms with Crippen LogP contribution >= 0.6 is 0 Å². The average molecular weight is 402 g/mol. The Morgan fingerprint density at radius 1 is 1.07 bits per heavy atom. The number of nitrogens with one attached hydrogen (secondary N) is 1. The van der Waals surface area contributed by atoms with Gasteiger partial charge in [-0.25, -0.2) is 4.68 Å². The molecule has 0 unspecified atom stereocenters. The Kier molecular flexibility index (Phi) is 6.69. The summed E-state index contributed by atoms with van der Waals surface area (Å²) in [5.74, 6) is -0.163. The van der Waals surface area contributed by atoms with Gasteiger partial charge in [0.05, 0.1) is 25.1 Å². The van der Waals surface area contributed by atoms with Crippen LogP contribution in [0, 0.1) is 0 Å². The molecule has 0 spiro atoms. The first-order valence-corrected chi connectivity index (χ1v) is 10.2. The molecule has 1 N–H and O–H groups in total. The van der Waals surface area contributed by atoms with Crippen molar-refractivity contribution in [3.05, 3.63) is 84.2 Å². The standard InChI is InChI=1S/C24H26N4O2/c29-24(11-8-21-18-25-28(19-21)23-4-2-1-3-5-23)26-22-9-6-20(7-10-22)12-13-27-14-16-30-17-15-27/h1-11,18-19H,12-17H2,(H,26,29). The van der Waals surface area contributed by atoms with Gasteiger partial charge in [-0.1, -0.05) is 30.3 Å². The minimum absolute atomic E-state index is 0.163. The zero-order valence-electron chi connectivity index (χ0n) is 16.9. The molecule has 0 aliphatic carbocycles. The van der Waals surface area contributed by atoms with Crippen molar-refractivity contribution in [3.63, 3.8) is 0 Å². The number of hydrogen-bond donors (Lipinski definition) is 1. The van der Waals surface area contributed by atoms with Gasteiger partial charge in [0.2, 0.25) is 5.91 Å². The molecule has 2 aromatic carbocycles. The van der Waals surface area contributed by atoms with Crippen molar-refractivity contribution in [2.75, 3.05) is 38.2 Å². The number of para-hydroxylation sites is 1. The van der Waals surface area contributed by atoms with Gasteiger partial charge in [-0.15, -0.1) is 0 Å². The van der Waals surface area contributed by atoms with E-state index in [0.717, 1.165) is 56.2 Å². The Balaban J connectivity index is 1.27. The number of amides is 1. The first-order valence-electron chi connectivity index (χ1n) is 10.2. The molecule has 0 radical (unpaired) electrons. The molecule has 1 amide bonds. The lowest BCUT2D eigenvalue weighted by molar-refractivity contribution is -0.111. The highest BCUT2D eigenvalue weighted by molar-refractivity contribution is 6.01. The predicted molar refractivity (Wildman–Crippen MR) is 119 cm³/mol. The number of carbonyl (C=O) groups is 1. The van der Waals surface area contributed by atoms with E-state index in [1.807, 2.05) is 48.7 Å². The molecule has 6 heteroatoms. The predicted octanol–water partition coefficient (Wildman–Crippen LogP) is 3.40. The van der Waals surface area contributed by atoms with Gasteiger partial charge < -0.3 is 10.1 Å². The van der Waals surface area contributed by atoms with Crippen LogP contribution < -0.4 is 5.32 Å². The van der Waals surface area contributed by atoms with Gasteiger partial charge in [0.25, 0.3) is 0 Å². The first kappa shape index (κ1) is 20.1. The van der Waals surface area contributed by atoms with E-state index in [1.54, 1.807) is 17.0 Å². The molecule has 2 heterocycles. The fourth-order valence-corrected chi connectivity index (χ4v) is 3.37. The number of ether oxygens (including phenoxy) is 1. The molecular weight excluding hydrogens is 376 g/mol. The van der Waals surface area contributed by atoms with Gasteiger partial charge in [-0.05, 0) is 42.3 Å². The Morgan fingerprint density at radius 2 is 1.83 bits per heavy atom. The summed E-state index contributed by atoms with van der Waals surface area (Å²) in [6.45, 7) is 4.70.